The number of aromatic nitrogens is 1. The zero-order chi connectivity index (χ0) is 20.1. The second-order valence-electron chi connectivity index (χ2n) is 6.15. The number of hydrazone groups is 1. The maximum absolute atomic E-state index is 11.9. The Labute approximate surface area is 173 Å². The molecule has 0 radical (unpaired) electrons. The van der Waals surface area contributed by atoms with Crippen LogP contribution in [0.4, 0.5) is 0 Å². The van der Waals surface area contributed by atoms with Crippen LogP contribution >= 0.6 is 23.2 Å². The standard InChI is InChI=1S/C21H19Cl2N3O2/c1-14-10-16(15(2)26(14)20-11-17(22)8-9-19(20)23)12-24-25-21(27)13-28-18-6-4-3-5-7-18/h3-12H,13H2,1-2H3,(H,25,27)/b24-12-. The van der Waals surface area contributed by atoms with Crippen LogP contribution in [0.1, 0.15) is 17.0 Å². The molecule has 0 unspecified atom stereocenters. The SMILES string of the molecule is Cc1cc(/C=N\NC(=O)COc2ccccc2)c(C)n1-c1cc(Cl)ccc1Cl. The first-order valence-corrected chi connectivity index (χ1v) is 9.35. The van der Waals surface area contributed by atoms with E-state index in [1.165, 1.54) is 0 Å². The minimum atomic E-state index is -0.341. The summed E-state index contributed by atoms with van der Waals surface area (Å²) >= 11 is 12.4. The molecule has 3 aromatic rings. The van der Waals surface area contributed by atoms with Gasteiger partial charge < -0.3 is 9.30 Å². The third-order valence-corrected chi connectivity index (χ3v) is 4.68. The molecular formula is C21H19Cl2N3O2. The van der Waals surface area contributed by atoms with Gasteiger partial charge in [0.05, 0.1) is 16.9 Å². The molecule has 28 heavy (non-hydrogen) atoms. The van der Waals surface area contributed by atoms with Crippen molar-refractivity contribution < 1.29 is 9.53 Å². The molecule has 1 aromatic heterocycles. The van der Waals surface area contributed by atoms with Gasteiger partial charge in [-0.25, -0.2) is 5.43 Å². The van der Waals surface area contributed by atoms with Gasteiger partial charge >= 0.3 is 0 Å². The van der Waals surface area contributed by atoms with E-state index in [1.807, 2.05) is 48.7 Å². The minimum Gasteiger partial charge on any atom is -0.484 e. The molecule has 0 aliphatic heterocycles. The van der Waals surface area contributed by atoms with Crippen LogP contribution < -0.4 is 10.2 Å². The molecule has 1 N–H and O–H groups in total. The maximum Gasteiger partial charge on any atom is 0.277 e. The Hall–Kier alpha value is -2.76. The Morgan fingerprint density at radius 3 is 2.64 bits per heavy atom. The molecule has 0 aliphatic rings. The summed E-state index contributed by atoms with van der Waals surface area (Å²) in [5.41, 5.74) is 6.03. The number of nitrogens with one attached hydrogen (secondary N) is 1. The molecule has 1 heterocycles. The molecule has 5 nitrogen and oxygen atoms in total. The highest BCUT2D eigenvalue weighted by atomic mass is 35.5. The number of aryl methyl sites for hydroxylation is 1. The van der Waals surface area contributed by atoms with E-state index >= 15 is 0 Å². The van der Waals surface area contributed by atoms with Crippen molar-refractivity contribution in [1.29, 1.82) is 0 Å². The van der Waals surface area contributed by atoms with Crippen LogP contribution in [0, 0.1) is 13.8 Å². The lowest BCUT2D eigenvalue weighted by Gasteiger charge is -2.12. The molecule has 0 atom stereocenters. The first-order valence-electron chi connectivity index (χ1n) is 8.60. The third kappa shape index (κ3) is 4.74. The number of hydrogen-bond donors (Lipinski definition) is 1. The summed E-state index contributed by atoms with van der Waals surface area (Å²) in [6.07, 6.45) is 1.59. The summed E-state index contributed by atoms with van der Waals surface area (Å²) in [6, 6.07) is 16.4. The number of hydrogen-bond acceptors (Lipinski definition) is 3. The largest absolute Gasteiger partial charge is 0.484 e. The van der Waals surface area contributed by atoms with Crippen LogP contribution in [0.2, 0.25) is 10.0 Å². The second-order valence-corrected chi connectivity index (χ2v) is 7.00. The highest BCUT2D eigenvalue weighted by molar-refractivity contribution is 6.34. The van der Waals surface area contributed by atoms with Crippen molar-refractivity contribution in [2.75, 3.05) is 6.61 Å². The fourth-order valence-electron chi connectivity index (χ4n) is 2.82. The quantitative estimate of drug-likeness (QED) is 0.458. The van der Waals surface area contributed by atoms with Gasteiger partial charge in [0.1, 0.15) is 5.75 Å². The number of para-hydroxylation sites is 1. The molecule has 3 rings (SSSR count). The van der Waals surface area contributed by atoms with Crippen LogP contribution in [0.3, 0.4) is 0 Å². The lowest BCUT2D eigenvalue weighted by Crippen LogP contribution is -2.24. The Kier molecular flexibility index (Phi) is 6.39. The van der Waals surface area contributed by atoms with Crippen LogP contribution in [-0.2, 0) is 4.79 Å². The van der Waals surface area contributed by atoms with Crippen molar-refractivity contribution in [3.8, 4) is 11.4 Å². The van der Waals surface area contributed by atoms with Gasteiger partial charge in [0.2, 0.25) is 0 Å². The second kappa shape index (κ2) is 8.95. The summed E-state index contributed by atoms with van der Waals surface area (Å²) in [5.74, 6) is 0.287. The zero-order valence-electron chi connectivity index (χ0n) is 15.4. The molecule has 0 bridgehead atoms. The number of benzene rings is 2. The van der Waals surface area contributed by atoms with E-state index in [1.54, 1.807) is 30.5 Å². The molecule has 0 saturated carbocycles. The first-order chi connectivity index (χ1) is 13.5. The van der Waals surface area contributed by atoms with Gasteiger partial charge in [0.25, 0.3) is 5.91 Å². The van der Waals surface area contributed by atoms with Gasteiger partial charge in [-0.3, -0.25) is 4.79 Å². The molecule has 0 aliphatic carbocycles. The van der Waals surface area contributed by atoms with E-state index in [0.29, 0.717) is 15.8 Å². The van der Waals surface area contributed by atoms with Crippen molar-refractivity contribution in [2.24, 2.45) is 5.10 Å². The minimum absolute atomic E-state index is 0.113. The normalized spacial score (nSPS) is 11.0. The lowest BCUT2D eigenvalue weighted by molar-refractivity contribution is -0.123. The summed E-state index contributed by atoms with van der Waals surface area (Å²) in [6.45, 7) is 3.80. The molecule has 0 spiro atoms. The van der Waals surface area contributed by atoms with Crippen LogP contribution in [0.15, 0.2) is 59.7 Å². The number of carbonyl (C=O) groups excluding carboxylic acids is 1. The van der Waals surface area contributed by atoms with E-state index < -0.39 is 0 Å². The summed E-state index contributed by atoms with van der Waals surface area (Å²) in [5, 5.41) is 5.23. The van der Waals surface area contributed by atoms with E-state index in [4.69, 9.17) is 27.9 Å². The van der Waals surface area contributed by atoms with E-state index in [-0.39, 0.29) is 12.5 Å². The average molecular weight is 416 g/mol. The molecule has 2 aromatic carbocycles. The molecule has 144 valence electrons. The monoisotopic (exact) mass is 415 g/mol. The topological polar surface area (TPSA) is 55.6 Å². The van der Waals surface area contributed by atoms with Crippen molar-refractivity contribution in [3.05, 3.63) is 81.6 Å². The van der Waals surface area contributed by atoms with Crippen molar-refractivity contribution >= 4 is 35.3 Å². The molecular weight excluding hydrogens is 397 g/mol. The van der Waals surface area contributed by atoms with Crippen LogP contribution in [-0.4, -0.2) is 23.3 Å². The number of nitrogens with zero attached hydrogens (tertiary/aromatic N) is 2. The first kappa shape index (κ1) is 20.0. The number of ether oxygens (including phenoxy) is 1. The molecule has 0 saturated heterocycles. The predicted octanol–water partition coefficient (Wildman–Crippen LogP) is 4.93. The third-order valence-electron chi connectivity index (χ3n) is 4.13. The van der Waals surface area contributed by atoms with Gasteiger partial charge in [0, 0.05) is 22.0 Å². The van der Waals surface area contributed by atoms with Crippen molar-refractivity contribution in [1.82, 2.24) is 9.99 Å². The lowest BCUT2D eigenvalue weighted by atomic mass is 10.2. The highest BCUT2D eigenvalue weighted by Crippen LogP contribution is 2.28. The molecule has 0 fully saturated rings. The average Bonchev–Trinajstić information content (AvgIpc) is 2.96. The van der Waals surface area contributed by atoms with Crippen LogP contribution in [0.5, 0.6) is 5.75 Å². The Morgan fingerprint density at radius 1 is 1.14 bits per heavy atom. The van der Waals surface area contributed by atoms with Crippen molar-refractivity contribution in [3.63, 3.8) is 0 Å². The van der Waals surface area contributed by atoms with Gasteiger partial charge in [-0.05, 0) is 50.2 Å². The van der Waals surface area contributed by atoms with Crippen LogP contribution in [0.25, 0.3) is 5.69 Å². The number of halogens is 2. The van der Waals surface area contributed by atoms with Gasteiger partial charge in [-0.15, -0.1) is 0 Å². The van der Waals surface area contributed by atoms with E-state index in [2.05, 4.69) is 10.5 Å². The highest BCUT2D eigenvalue weighted by Gasteiger charge is 2.12. The number of carbonyl (C=O) groups is 1. The van der Waals surface area contributed by atoms with Gasteiger partial charge in [-0.1, -0.05) is 41.4 Å². The summed E-state index contributed by atoms with van der Waals surface area (Å²) in [4.78, 5) is 11.9. The van der Waals surface area contributed by atoms with E-state index in [9.17, 15) is 4.79 Å². The summed E-state index contributed by atoms with van der Waals surface area (Å²) < 4.78 is 7.38. The zero-order valence-corrected chi connectivity index (χ0v) is 17.0. The molecule has 7 heteroatoms. The number of amides is 1. The Balaban J connectivity index is 1.68. The summed E-state index contributed by atoms with van der Waals surface area (Å²) in [7, 11) is 0. The fraction of sp³-hybridized carbons (Fsp3) is 0.143. The predicted molar refractivity (Wildman–Crippen MR) is 113 cm³/mol. The molecule has 1 amide bonds. The fourth-order valence-corrected chi connectivity index (χ4v) is 3.19. The van der Waals surface area contributed by atoms with Crippen molar-refractivity contribution in [2.45, 2.75) is 13.8 Å². The van der Waals surface area contributed by atoms with E-state index in [0.717, 1.165) is 22.6 Å². The maximum atomic E-state index is 11.9. The Morgan fingerprint density at radius 2 is 1.89 bits per heavy atom. The number of rotatable bonds is 6. The Bertz CT molecular complexity index is 1010. The van der Waals surface area contributed by atoms with Gasteiger partial charge in [0.15, 0.2) is 6.61 Å². The smallest absolute Gasteiger partial charge is 0.277 e. The van der Waals surface area contributed by atoms with Gasteiger partial charge in [-0.2, -0.15) is 5.10 Å².